The third kappa shape index (κ3) is 4.37. The van der Waals surface area contributed by atoms with E-state index in [1.807, 2.05) is 25.1 Å². The van der Waals surface area contributed by atoms with Crippen LogP contribution in [0.15, 0.2) is 24.3 Å². The number of carbonyl (C=O) groups excluding carboxylic acids is 1. The Morgan fingerprint density at radius 2 is 2.00 bits per heavy atom. The molecular weight excluding hydrogens is 295 g/mol. The van der Waals surface area contributed by atoms with E-state index in [2.05, 4.69) is 16.3 Å². The topological polar surface area (TPSA) is 32.3 Å². The number of amides is 1. The maximum absolute atomic E-state index is 11.5. The van der Waals surface area contributed by atoms with Crippen molar-refractivity contribution in [2.24, 2.45) is 0 Å². The van der Waals surface area contributed by atoms with Crippen molar-refractivity contribution >= 4 is 29.9 Å². The van der Waals surface area contributed by atoms with Crippen molar-refractivity contribution in [3.63, 3.8) is 0 Å². The third-order valence-corrected chi connectivity index (χ3v) is 4.00. The predicted molar refractivity (Wildman–Crippen MR) is 85.5 cm³/mol. The van der Waals surface area contributed by atoms with Crippen molar-refractivity contribution in [2.45, 2.75) is 32.2 Å². The van der Waals surface area contributed by atoms with Gasteiger partial charge in [0.1, 0.15) is 0 Å². The number of nitrogens with zero attached hydrogens (tertiary/aromatic N) is 1. The largest absolute Gasteiger partial charge is 0.354 e. The lowest BCUT2D eigenvalue weighted by Crippen LogP contribution is -2.36. The van der Waals surface area contributed by atoms with Gasteiger partial charge in [-0.1, -0.05) is 36.7 Å². The average Bonchev–Trinajstić information content (AvgIpc) is 2.94. The molecular formula is C15H22Cl2N2O. The van der Waals surface area contributed by atoms with Crippen LogP contribution >= 0.6 is 24.0 Å². The Kier molecular flexibility index (Phi) is 7.35. The molecule has 0 radical (unpaired) electrons. The van der Waals surface area contributed by atoms with E-state index in [1.54, 1.807) is 0 Å². The standard InChI is InChI=1S/C15H21ClN2O.ClH/c1-2-15(19)17-11-14(18-9-5-6-10-18)12-7-3-4-8-13(12)16;/h3-4,7-8,14H,2,5-6,9-11H2,1H3,(H,17,19);1H. The fourth-order valence-corrected chi connectivity index (χ4v) is 2.83. The summed E-state index contributed by atoms with van der Waals surface area (Å²) in [7, 11) is 0. The lowest BCUT2D eigenvalue weighted by Gasteiger charge is -2.28. The maximum atomic E-state index is 11.5. The zero-order valence-electron chi connectivity index (χ0n) is 11.8. The SMILES string of the molecule is CCC(=O)NCC(c1ccccc1Cl)N1CCCC1.Cl. The summed E-state index contributed by atoms with van der Waals surface area (Å²) in [4.78, 5) is 13.9. The van der Waals surface area contributed by atoms with Crippen molar-refractivity contribution < 1.29 is 4.79 Å². The van der Waals surface area contributed by atoms with Gasteiger partial charge in [-0.15, -0.1) is 12.4 Å². The quantitative estimate of drug-likeness (QED) is 0.902. The zero-order chi connectivity index (χ0) is 13.7. The molecule has 0 aliphatic carbocycles. The minimum absolute atomic E-state index is 0. The van der Waals surface area contributed by atoms with Gasteiger partial charge in [-0.3, -0.25) is 9.69 Å². The molecule has 3 nitrogen and oxygen atoms in total. The van der Waals surface area contributed by atoms with Gasteiger partial charge in [0, 0.05) is 18.0 Å². The second-order valence-electron chi connectivity index (χ2n) is 4.94. The first kappa shape index (κ1) is 17.3. The first-order valence-corrected chi connectivity index (χ1v) is 7.35. The van der Waals surface area contributed by atoms with Crippen LogP contribution in [0.4, 0.5) is 0 Å². The molecule has 1 aliphatic rings. The highest BCUT2D eigenvalue weighted by molar-refractivity contribution is 6.31. The lowest BCUT2D eigenvalue weighted by molar-refractivity contribution is -0.121. The molecule has 1 N–H and O–H groups in total. The van der Waals surface area contributed by atoms with E-state index in [0.29, 0.717) is 13.0 Å². The molecule has 0 aromatic heterocycles. The van der Waals surface area contributed by atoms with Crippen LogP contribution in [-0.2, 0) is 4.79 Å². The second kappa shape index (κ2) is 8.50. The Balaban J connectivity index is 0.00000200. The van der Waals surface area contributed by atoms with Gasteiger partial charge in [0.15, 0.2) is 0 Å². The zero-order valence-corrected chi connectivity index (χ0v) is 13.3. The molecule has 1 amide bonds. The van der Waals surface area contributed by atoms with Gasteiger partial charge >= 0.3 is 0 Å². The smallest absolute Gasteiger partial charge is 0.219 e. The van der Waals surface area contributed by atoms with E-state index in [1.165, 1.54) is 12.8 Å². The molecule has 112 valence electrons. The van der Waals surface area contributed by atoms with E-state index in [-0.39, 0.29) is 24.4 Å². The Morgan fingerprint density at radius 1 is 1.35 bits per heavy atom. The third-order valence-electron chi connectivity index (χ3n) is 3.66. The first-order valence-electron chi connectivity index (χ1n) is 6.97. The minimum atomic E-state index is 0. The van der Waals surface area contributed by atoms with Crippen LogP contribution < -0.4 is 5.32 Å². The molecule has 0 bridgehead atoms. The number of benzene rings is 1. The highest BCUT2D eigenvalue weighted by Crippen LogP contribution is 2.29. The van der Waals surface area contributed by atoms with Crippen LogP contribution in [-0.4, -0.2) is 30.4 Å². The summed E-state index contributed by atoms with van der Waals surface area (Å²) in [5.74, 6) is 0.0938. The van der Waals surface area contributed by atoms with E-state index >= 15 is 0 Å². The van der Waals surface area contributed by atoms with Crippen LogP contribution in [0.25, 0.3) is 0 Å². The van der Waals surface area contributed by atoms with Crippen LogP contribution in [0.5, 0.6) is 0 Å². The number of nitrogens with one attached hydrogen (secondary N) is 1. The summed E-state index contributed by atoms with van der Waals surface area (Å²) < 4.78 is 0. The molecule has 5 heteroatoms. The van der Waals surface area contributed by atoms with E-state index in [0.717, 1.165) is 23.7 Å². The van der Waals surface area contributed by atoms with Crippen LogP contribution in [0.1, 0.15) is 37.8 Å². The fraction of sp³-hybridized carbons (Fsp3) is 0.533. The van der Waals surface area contributed by atoms with Crippen molar-refractivity contribution in [2.75, 3.05) is 19.6 Å². The molecule has 1 aromatic carbocycles. The number of halogens is 2. The molecule has 1 heterocycles. The van der Waals surface area contributed by atoms with Crippen LogP contribution in [0.2, 0.25) is 5.02 Å². The summed E-state index contributed by atoms with van der Waals surface area (Å²) in [5.41, 5.74) is 1.11. The summed E-state index contributed by atoms with van der Waals surface area (Å²) >= 11 is 6.31. The average molecular weight is 317 g/mol. The molecule has 20 heavy (non-hydrogen) atoms. The molecule has 0 saturated carbocycles. The lowest BCUT2D eigenvalue weighted by atomic mass is 10.1. The van der Waals surface area contributed by atoms with E-state index < -0.39 is 0 Å². The van der Waals surface area contributed by atoms with Crippen molar-refractivity contribution in [1.29, 1.82) is 0 Å². The van der Waals surface area contributed by atoms with Gasteiger partial charge in [0.2, 0.25) is 5.91 Å². The molecule has 1 atom stereocenters. The van der Waals surface area contributed by atoms with Gasteiger partial charge in [0.25, 0.3) is 0 Å². The van der Waals surface area contributed by atoms with Gasteiger partial charge < -0.3 is 5.32 Å². The van der Waals surface area contributed by atoms with Crippen LogP contribution in [0.3, 0.4) is 0 Å². The molecule has 0 spiro atoms. The minimum Gasteiger partial charge on any atom is -0.354 e. The van der Waals surface area contributed by atoms with E-state index in [9.17, 15) is 4.79 Å². The normalized spacial score (nSPS) is 16.5. The van der Waals surface area contributed by atoms with Crippen molar-refractivity contribution in [3.05, 3.63) is 34.9 Å². The first-order chi connectivity index (χ1) is 9.22. The number of hydrogen-bond donors (Lipinski definition) is 1. The number of hydrogen-bond acceptors (Lipinski definition) is 2. The molecule has 2 rings (SSSR count). The van der Waals surface area contributed by atoms with Gasteiger partial charge in [-0.2, -0.15) is 0 Å². The number of likely N-dealkylation sites (tertiary alicyclic amines) is 1. The second-order valence-corrected chi connectivity index (χ2v) is 5.35. The summed E-state index contributed by atoms with van der Waals surface area (Å²) in [5, 5.41) is 3.78. The van der Waals surface area contributed by atoms with Crippen molar-refractivity contribution in [1.82, 2.24) is 10.2 Å². The van der Waals surface area contributed by atoms with Gasteiger partial charge in [-0.25, -0.2) is 0 Å². The number of rotatable bonds is 5. The summed E-state index contributed by atoms with van der Waals surface area (Å²) in [6, 6.07) is 8.11. The highest BCUT2D eigenvalue weighted by Gasteiger charge is 2.25. The molecule has 1 saturated heterocycles. The Bertz CT molecular complexity index is 434. The Labute approximate surface area is 132 Å². The summed E-state index contributed by atoms with van der Waals surface area (Å²) in [6.45, 7) is 4.67. The molecule has 1 aliphatic heterocycles. The maximum Gasteiger partial charge on any atom is 0.219 e. The Hall–Kier alpha value is -0.770. The van der Waals surface area contributed by atoms with Crippen molar-refractivity contribution in [3.8, 4) is 0 Å². The van der Waals surface area contributed by atoms with Gasteiger partial charge in [0.05, 0.1) is 6.04 Å². The van der Waals surface area contributed by atoms with Crippen LogP contribution in [0, 0.1) is 0 Å². The fourth-order valence-electron chi connectivity index (χ4n) is 2.57. The Morgan fingerprint density at radius 3 is 2.60 bits per heavy atom. The number of carbonyl (C=O) groups is 1. The molecule has 1 aromatic rings. The molecule has 1 unspecified atom stereocenters. The summed E-state index contributed by atoms with van der Waals surface area (Å²) in [6.07, 6.45) is 2.97. The predicted octanol–water partition coefficient (Wildman–Crippen LogP) is 3.42. The molecule has 1 fully saturated rings. The van der Waals surface area contributed by atoms with Gasteiger partial charge in [-0.05, 0) is 37.6 Å². The highest BCUT2D eigenvalue weighted by atomic mass is 35.5. The monoisotopic (exact) mass is 316 g/mol. The van der Waals surface area contributed by atoms with E-state index in [4.69, 9.17) is 11.6 Å².